The topological polar surface area (TPSA) is 23.8 Å². The molecule has 0 atom stereocenters. The lowest BCUT2D eigenvalue weighted by molar-refractivity contribution is 0.960. The molecule has 0 aromatic heterocycles. The minimum Gasteiger partial charge on any atom is -0.192 e. The highest BCUT2D eigenvalue weighted by molar-refractivity contribution is 5.76. The predicted octanol–water partition coefficient (Wildman–Crippen LogP) is 3.70. The molecule has 14 heavy (non-hydrogen) atoms. The molecule has 1 aromatic rings. The first kappa shape index (κ1) is 10.5. The molecular weight excluding hydrogens is 170 g/mol. The summed E-state index contributed by atoms with van der Waals surface area (Å²) in [7, 11) is 0. The van der Waals surface area contributed by atoms with Gasteiger partial charge >= 0.3 is 0 Å². The highest BCUT2D eigenvalue weighted by atomic mass is 14.2. The first-order valence-corrected chi connectivity index (χ1v) is 4.95. The van der Waals surface area contributed by atoms with Crippen LogP contribution in [0.4, 0.5) is 0 Å². The first-order valence-electron chi connectivity index (χ1n) is 4.95. The van der Waals surface area contributed by atoms with Crippen molar-refractivity contribution < 1.29 is 0 Å². The number of nitriles is 1. The van der Waals surface area contributed by atoms with Gasteiger partial charge in [0.25, 0.3) is 0 Å². The molecule has 1 heteroatoms. The molecule has 0 aliphatic heterocycles. The summed E-state index contributed by atoms with van der Waals surface area (Å²) in [6.07, 6.45) is 4.06. The van der Waals surface area contributed by atoms with Crippen LogP contribution >= 0.6 is 0 Å². The van der Waals surface area contributed by atoms with Crippen molar-refractivity contribution in [2.45, 2.75) is 26.7 Å². The third-order valence-electron chi connectivity index (χ3n) is 2.09. The molecule has 0 radical (unpaired) electrons. The highest BCUT2D eigenvalue weighted by Crippen LogP contribution is 2.15. The number of unbranched alkanes of at least 4 members (excludes halogenated alkanes) is 1. The zero-order chi connectivity index (χ0) is 10.4. The molecule has 0 N–H and O–H groups in total. The summed E-state index contributed by atoms with van der Waals surface area (Å²) in [5.74, 6) is 0. The van der Waals surface area contributed by atoms with E-state index in [0.717, 1.165) is 24.0 Å². The highest BCUT2D eigenvalue weighted by Gasteiger charge is 1.98. The largest absolute Gasteiger partial charge is 0.192 e. The lowest BCUT2D eigenvalue weighted by atomic mass is 10.0. The van der Waals surface area contributed by atoms with Crippen molar-refractivity contribution in [3.05, 3.63) is 41.5 Å². The van der Waals surface area contributed by atoms with E-state index in [0.29, 0.717) is 0 Å². The number of nitrogens with zero attached hydrogens (tertiary/aromatic N) is 1. The van der Waals surface area contributed by atoms with Gasteiger partial charge in [0.15, 0.2) is 0 Å². The van der Waals surface area contributed by atoms with Crippen LogP contribution in [0.15, 0.2) is 30.3 Å². The van der Waals surface area contributed by atoms with Crippen molar-refractivity contribution in [3.8, 4) is 6.07 Å². The van der Waals surface area contributed by atoms with Crippen molar-refractivity contribution in [2.24, 2.45) is 0 Å². The third kappa shape index (κ3) is 2.74. The summed E-state index contributed by atoms with van der Waals surface area (Å²) in [6.45, 7) is 4.15. The van der Waals surface area contributed by atoms with Crippen molar-refractivity contribution in [2.75, 3.05) is 0 Å². The Labute approximate surface area is 85.7 Å². The van der Waals surface area contributed by atoms with Gasteiger partial charge < -0.3 is 0 Å². The van der Waals surface area contributed by atoms with Gasteiger partial charge in [0.2, 0.25) is 0 Å². The Balaban J connectivity index is 2.96. The van der Waals surface area contributed by atoms with E-state index in [4.69, 9.17) is 5.26 Å². The lowest BCUT2D eigenvalue weighted by Gasteiger charge is -2.00. The summed E-state index contributed by atoms with van der Waals surface area (Å²) in [5, 5.41) is 8.98. The van der Waals surface area contributed by atoms with Crippen molar-refractivity contribution >= 4 is 5.57 Å². The molecule has 0 fully saturated rings. The Bertz CT molecular complexity index is 369. The summed E-state index contributed by atoms with van der Waals surface area (Å²) >= 11 is 0. The maximum Gasteiger partial charge on any atom is 0.0994 e. The average Bonchev–Trinajstić information content (AvgIpc) is 2.19. The number of allylic oxidation sites excluding steroid dienone is 2. The molecule has 1 rings (SSSR count). The van der Waals surface area contributed by atoms with Gasteiger partial charge in [-0.25, -0.2) is 0 Å². The van der Waals surface area contributed by atoms with Gasteiger partial charge in [0, 0.05) is 0 Å². The Morgan fingerprint density at radius 2 is 2.29 bits per heavy atom. The van der Waals surface area contributed by atoms with Crippen molar-refractivity contribution in [1.29, 1.82) is 5.26 Å². The molecule has 0 bridgehead atoms. The van der Waals surface area contributed by atoms with E-state index in [1.54, 1.807) is 0 Å². The maximum atomic E-state index is 8.98. The quantitative estimate of drug-likeness (QED) is 0.659. The fourth-order valence-electron chi connectivity index (χ4n) is 1.33. The SMILES string of the molecule is CCC/C=C(\C#N)c1cccc(C)c1. The van der Waals surface area contributed by atoms with Crippen molar-refractivity contribution in [1.82, 2.24) is 0 Å². The van der Waals surface area contributed by atoms with Crippen LogP contribution in [0.25, 0.3) is 5.57 Å². The molecular formula is C13H15N. The normalized spacial score (nSPS) is 11.1. The third-order valence-corrected chi connectivity index (χ3v) is 2.09. The van der Waals surface area contributed by atoms with Crippen LogP contribution < -0.4 is 0 Å². The van der Waals surface area contributed by atoms with E-state index >= 15 is 0 Å². The van der Waals surface area contributed by atoms with Gasteiger partial charge in [0.05, 0.1) is 11.6 Å². The van der Waals surface area contributed by atoms with Gasteiger partial charge in [-0.2, -0.15) is 5.26 Å². The molecule has 1 aromatic carbocycles. The minimum absolute atomic E-state index is 0.788. The van der Waals surface area contributed by atoms with E-state index in [1.807, 2.05) is 37.3 Å². The number of benzene rings is 1. The summed E-state index contributed by atoms with van der Waals surface area (Å²) in [6, 6.07) is 10.3. The Hall–Kier alpha value is -1.55. The van der Waals surface area contributed by atoms with E-state index in [2.05, 4.69) is 13.0 Å². The Morgan fingerprint density at radius 1 is 1.50 bits per heavy atom. The molecule has 0 saturated heterocycles. The number of hydrogen-bond donors (Lipinski definition) is 0. The van der Waals surface area contributed by atoms with Crippen LogP contribution in [-0.4, -0.2) is 0 Å². The summed E-state index contributed by atoms with van der Waals surface area (Å²) < 4.78 is 0. The lowest BCUT2D eigenvalue weighted by Crippen LogP contribution is -1.82. The number of aryl methyl sites for hydroxylation is 1. The smallest absolute Gasteiger partial charge is 0.0994 e. The molecule has 0 aliphatic carbocycles. The Morgan fingerprint density at radius 3 is 2.86 bits per heavy atom. The second-order valence-corrected chi connectivity index (χ2v) is 3.39. The fraction of sp³-hybridized carbons (Fsp3) is 0.308. The molecule has 0 unspecified atom stereocenters. The zero-order valence-electron chi connectivity index (χ0n) is 8.75. The second-order valence-electron chi connectivity index (χ2n) is 3.39. The molecule has 72 valence electrons. The van der Waals surface area contributed by atoms with E-state index in [9.17, 15) is 0 Å². The molecule has 0 aliphatic rings. The van der Waals surface area contributed by atoms with Crippen LogP contribution in [-0.2, 0) is 0 Å². The van der Waals surface area contributed by atoms with Crippen LogP contribution in [0.5, 0.6) is 0 Å². The summed E-state index contributed by atoms with van der Waals surface area (Å²) in [4.78, 5) is 0. The monoisotopic (exact) mass is 185 g/mol. The van der Waals surface area contributed by atoms with Crippen LogP contribution in [0, 0.1) is 18.3 Å². The molecule has 0 spiro atoms. The van der Waals surface area contributed by atoms with Crippen LogP contribution in [0.3, 0.4) is 0 Å². The van der Waals surface area contributed by atoms with E-state index in [1.165, 1.54) is 5.56 Å². The Kier molecular flexibility index (Phi) is 3.94. The van der Waals surface area contributed by atoms with Gasteiger partial charge in [-0.3, -0.25) is 0 Å². The fourth-order valence-corrected chi connectivity index (χ4v) is 1.33. The molecule has 0 heterocycles. The van der Waals surface area contributed by atoms with Gasteiger partial charge in [-0.15, -0.1) is 0 Å². The predicted molar refractivity (Wildman–Crippen MR) is 59.7 cm³/mol. The van der Waals surface area contributed by atoms with Crippen molar-refractivity contribution in [3.63, 3.8) is 0 Å². The van der Waals surface area contributed by atoms with Gasteiger partial charge in [0.1, 0.15) is 0 Å². The van der Waals surface area contributed by atoms with E-state index < -0.39 is 0 Å². The molecule has 0 amide bonds. The average molecular weight is 185 g/mol. The standard InChI is InChI=1S/C13H15N/c1-3-4-7-13(10-14)12-8-5-6-11(2)9-12/h5-9H,3-4H2,1-2H3/b13-7+. The second kappa shape index (κ2) is 5.24. The van der Waals surface area contributed by atoms with Crippen LogP contribution in [0.1, 0.15) is 30.9 Å². The van der Waals surface area contributed by atoms with E-state index in [-0.39, 0.29) is 0 Å². The number of hydrogen-bond acceptors (Lipinski definition) is 1. The minimum atomic E-state index is 0.788. The maximum absolute atomic E-state index is 8.98. The van der Waals surface area contributed by atoms with Crippen LogP contribution in [0.2, 0.25) is 0 Å². The first-order chi connectivity index (χ1) is 6.77. The summed E-state index contributed by atoms with van der Waals surface area (Å²) in [5.41, 5.74) is 3.01. The van der Waals surface area contributed by atoms with Gasteiger partial charge in [-0.05, 0) is 18.9 Å². The van der Waals surface area contributed by atoms with Gasteiger partial charge in [-0.1, -0.05) is 49.2 Å². The molecule has 1 nitrogen and oxygen atoms in total. The zero-order valence-corrected chi connectivity index (χ0v) is 8.75. The molecule has 0 saturated carbocycles. The number of rotatable bonds is 3.